The number of hydrogen-bond acceptors (Lipinski definition) is 5. The molecule has 0 radical (unpaired) electrons. The van der Waals surface area contributed by atoms with Gasteiger partial charge in [0.15, 0.2) is 0 Å². The van der Waals surface area contributed by atoms with Crippen LogP contribution >= 0.6 is 11.6 Å². The first kappa shape index (κ1) is 13.0. The number of carbonyl (C=O) groups excluding carboxylic acids is 1. The van der Waals surface area contributed by atoms with Crippen molar-refractivity contribution in [2.75, 3.05) is 26.8 Å². The third-order valence-corrected chi connectivity index (χ3v) is 2.83. The lowest BCUT2D eigenvalue weighted by Gasteiger charge is -2.15. The fourth-order valence-electron chi connectivity index (χ4n) is 1.78. The molecule has 98 valence electrons. The van der Waals surface area contributed by atoms with Crippen LogP contribution in [0.4, 0.5) is 0 Å². The number of likely N-dealkylation sites (tertiary alicyclic amines) is 1. The normalized spacial score (nSPS) is 19.0. The first-order valence-electron chi connectivity index (χ1n) is 5.60. The minimum atomic E-state index is -0.0769. The van der Waals surface area contributed by atoms with Crippen molar-refractivity contribution in [3.8, 4) is 6.01 Å². The third kappa shape index (κ3) is 3.30. The first-order valence-corrected chi connectivity index (χ1v) is 5.97. The lowest BCUT2D eigenvalue weighted by Crippen LogP contribution is -2.33. The molecule has 6 nitrogen and oxygen atoms in total. The molecule has 0 aliphatic carbocycles. The second kappa shape index (κ2) is 5.97. The number of nitrogens with zero attached hydrogens (tertiary/aromatic N) is 3. The molecular formula is C11H14ClN3O3. The highest BCUT2D eigenvalue weighted by atomic mass is 35.5. The van der Waals surface area contributed by atoms with Crippen molar-refractivity contribution in [1.29, 1.82) is 0 Å². The zero-order valence-electron chi connectivity index (χ0n) is 10.0. The van der Waals surface area contributed by atoms with Crippen LogP contribution in [0.3, 0.4) is 0 Å². The van der Waals surface area contributed by atoms with Crippen molar-refractivity contribution in [3.63, 3.8) is 0 Å². The van der Waals surface area contributed by atoms with Crippen LogP contribution in [0.2, 0.25) is 5.02 Å². The Kier molecular flexibility index (Phi) is 4.33. The fraction of sp³-hybridized carbons (Fsp3) is 0.545. The molecule has 1 fully saturated rings. The van der Waals surface area contributed by atoms with Gasteiger partial charge >= 0.3 is 6.01 Å². The van der Waals surface area contributed by atoms with Crippen molar-refractivity contribution < 1.29 is 14.3 Å². The largest absolute Gasteiger partial charge is 0.458 e. The number of hydrogen-bond donors (Lipinski definition) is 0. The van der Waals surface area contributed by atoms with Crippen LogP contribution in [0.5, 0.6) is 6.01 Å². The highest BCUT2D eigenvalue weighted by Gasteiger charge is 2.27. The summed E-state index contributed by atoms with van der Waals surface area (Å²) in [7, 11) is 1.50. The standard InChI is InChI=1S/C11H14ClN3O3/c1-17-7-10(16)15-3-2-9(6-15)18-11-13-4-8(12)5-14-11/h4-5,9H,2-3,6-7H2,1H3/t9-/m0/s1. The summed E-state index contributed by atoms with van der Waals surface area (Å²) in [5.74, 6) is -0.0272. The highest BCUT2D eigenvalue weighted by molar-refractivity contribution is 6.30. The van der Waals surface area contributed by atoms with Gasteiger partial charge in [0, 0.05) is 20.1 Å². The van der Waals surface area contributed by atoms with Crippen LogP contribution < -0.4 is 4.74 Å². The Morgan fingerprint density at radius 3 is 2.94 bits per heavy atom. The fourth-order valence-corrected chi connectivity index (χ4v) is 1.87. The molecule has 18 heavy (non-hydrogen) atoms. The first-order chi connectivity index (χ1) is 8.69. The molecule has 1 aliphatic heterocycles. The summed E-state index contributed by atoms with van der Waals surface area (Å²) in [6.07, 6.45) is 3.65. The van der Waals surface area contributed by atoms with Gasteiger partial charge in [-0.15, -0.1) is 0 Å². The number of methoxy groups -OCH3 is 1. The maximum Gasteiger partial charge on any atom is 0.316 e. The topological polar surface area (TPSA) is 64.5 Å². The smallest absolute Gasteiger partial charge is 0.316 e. The average Bonchev–Trinajstić information content (AvgIpc) is 2.81. The van der Waals surface area contributed by atoms with Crippen LogP contribution in [-0.4, -0.2) is 53.7 Å². The number of halogens is 1. The van der Waals surface area contributed by atoms with Crippen molar-refractivity contribution in [3.05, 3.63) is 17.4 Å². The maximum atomic E-state index is 11.6. The van der Waals surface area contributed by atoms with Gasteiger partial charge in [0.1, 0.15) is 12.7 Å². The summed E-state index contributed by atoms with van der Waals surface area (Å²) in [6, 6.07) is 0.283. The van der Waals surface area contributed by atoms with Gasteiger partial charge in [0.25, 0.3) is 0 Å². The van der Waals surface area contributed by atoms with Crippen molar-refractivity contribution in [1.82, 2.24) is 14.9 Å². The third-order valence-electron chi connectivity index (χ3n) is 2.63. The van der Waals surface area contributed by atoms with Gasteiger partial charge in [-0.2, -0.15) is 0 Å². The van der Waals surface area contributed by atoms with Gasteiger partial charge < -0.3 is 14.4 Å². The molecule has 7 heteroatoms. The van der Waals surface area contributed by atoms with E-state index in [9.17, 15) is 4.79 Å². The van der Waals surface area contributed by atoms with Gasteiger partial charge in [-0.3, -0.25) is 4.79 Å². The molecular weight excluding hydrogens is 258 g/mol. The molecule has 1 saturated heterocycles. The highest BCUT2D eigenvalue weighted by Crippen LogP contribution is 2.16. The molecule has 1 atom stereocenters. The van der Waals surface area contributed by atoms with Gasteiger partial charge in [-0.1, -0.05) is 11.6 Å². The second-order valence-electron chi connectivity index (χ2n) is 3.99. The summed E-state index contributed by atoms with van der Waals surface area (Å²) in [6.45, 7) is 1.30. The molecule has 2 rings (SSSR count). The van der Waals surface area contributed by atoms with E-state index in [1.165, 1.54) is 19.5 Å². The Hall–Kier alpha value is -1.40. The monoisotopic (exact) mass is 271 g/mol. The number of amides is 1. The van der Waals surface area contributed by atoms with E-state index in [0.717, 1.165) is 6.42 Å². The molecule has 0 unspecified atom stereocenters. The van der Waals surface area contributed by atoms with Crippen molar-refractivity contribution in [2.24, 2.45) is 0 Å². The quantitative estimate of drug-likeness (QED) is 0.809. The van der Waals surface area contributed by atoms with Crippen molar-refractivity contribution in [2.45, 2.75) is 12.5 Å². The molecule has 1 aromatic rings. The van der Waals surface area contributed by atoms with Crippen LogP contribution in [0.1, 0.15) is 6.42 Å². The molecule has 2 heterocycles. The van der Waals surface area contributed by atoms with E-state index in [0.29, 0.717) is 18.1 Å². The lowest BCUT2D eigenvalue weighted by molar-refractivity contribution is -0.134. The SMILES string of the molecule is COCC(=O)N1CC[C@H](Oc2ncc(Cl)cn2)C1. The number of ether oxygens (including phenoxy) is 2. The maximum absolute atomic E-state index is 11.6. The Morgan fingerprint density at radius 1 is 1.56 bits per heavy atom. The molecule has 0 saturated carbocycles. The number of carbonyl (C=O) groups is 1. The van der Waals surface area contributed by atoms with Crippen LogP contribution in [0.15, 0.2) is 12.4 Å². The predicted molar refractivity (Wildman–Crippen MR) is 64.5 cm³/mol. The van der Waals surface area contributed by atoms with Gasteiger partial charge in [-0.05, 0) is 0 Å². The second-order valence-corrected chi connectivity index (χ2v) is 4.42. The molecule has 0 aromatic carbocycles. The summed E-state index contributed by atoms with van der Waals surface area (Å²) >= 11 is 5.68. The van der Waals surface area contributed by atoms with E-state index in [4.69, 9.17) is 21.1 Å². The van der Waals surface area contributed by atoms with Crippen molar-refractivity contribution >= 4 is 17.5 Å². The Labute approximate surface area is 110 Å². The van der Waals surface area contributed by atoms with Gasteiger partial charge in [0.2, 0.25) is 5.91 Å². The van der Waals surface area contributed by atoms with E-state index in [-0.39, 0.29) is 24.6 Å². The van der Waals surface area contributed by atoms with Crippen LogP contribution in [-0.2, 0) is 9.53 Å². The molecule has 1 amide bonds. The number of rotatable bonds is 4. The van der Waals surface area contributed by atoms with Crippen LogP contribution in [0, 0.1) is 0 Å². The average molecular weight is 272 g/mol. The summed E-state index contributed by atoms with van der Waals surface area (Å²) in [5.41, 5.74) is 0. The van der Waals surface area contributed by atoms with Crippen LogP contribution in [0.25, 0.3) is 0 Å². The molecule has 1 aliphatic rings. The van der Waals surface area contributed by atoms with E-state index in [2.05, 4.69) is 9.97 Å². The summed E-state index contributed by atoms with van der Waals surface area (Å²) < 4.78 is 10.4. The van der Waals surface area contributed by atoms with E-state index >= 15 is 0 Å². The Balaban J connectivity index is 1.86. The minimum Gasteiger partial charge on any atom is -0.458 e. The lowest BCUT2D eigenvalue weighted by atomic mass is 10.3. The Bertz CT molecular complexity index is 412. The zero-order valence-corrected chi connectivity index (χ0v) is 10.8. The summed E-state index contributed by atoms with van der Waals surface area (Å²) in [4.78, 5) is 21.2. The number of aromatic nitrogens is 2. The van der Waals surface area contributed by atoms with E-state index in [1.54, 1.807) is 4.90 Å². The van der Waals surface area contributed by atoms with Gasteiger partial charge in [-0.25, -0.2) is 9.97 Å². The zero-order chi connectivity index (χ0) is 13.0. The minimum absolute atomic E-state index is 0.0272. The molecule has 0 bridgehead atoms. The van der Waals surface area contributed by atoms with Gasteiger partial charge in [0.05, 0.1) is 24.0 Å². The van der Waals surface area contributed by atoms with E-state index in [1.807, 2.05) is 0 Å². The van der Waals surface area contributed by atoms with E-state index < -0.39 is 0 Å². The molecule has 0 spiro atoms. The predicted octanol–water partition coefficient (Wildman–Crippen LogP) is 0.756. The molecule has 1 aromatic heterocycles. The summed E-state index contributed by atoms with van der Waals surface area (Å²) in [5, 5.41) is 0.464. The Morgan fingerprint density at radius 2 is 2.28 bits per heavy atom. The molecule has 0 N–H and O–H groups in total.